The lowest BCUT2D eigenvalue weighted by atomic mass is 9.93. The van der Waals surface area contributed by atoms with E-state index in [0.717, 1.165) is 39.0 Å². The third kappa shape index (κ3) is 4.57. The Morgan fingerprint density at radius 1 is 0.320 bits per heavy atom. The molecule has 1 aromatic heterocycles. The monoisotopic (exact) mass is 637 g/mol. The van der Waals surface area contributed by atoms with Crippen molar-refractivity contribution < 1.29 is 4.42 Å². The van der Waals surface area contributed by atoms with Gasteiger partial charge in [0.05, 0.1) is 5.69 Å². The van der Waals surface area contributed by atoms with Crippen LogP contribution in [0.2, 0.25) is 0 Å². The molecule has 0 amide bonds. The van der Waals surface area contributed by atoms with Gasteiger partial charge in [0.1, 0.15) is 11.2 Å². The lowest BCUT2D eigenvalue weighted by molar-refractivity contribution is 0.669. The van der Waals surface area contributed by atoms with Crippen molar-refractivity contribution in [1.29, 1.82) is 0 Å². The maximum absolute atomic E-state index is 6.25. The summed E-state index contributed by atoms with van der Waals surface area (Å²) < 4.78 is 6.25. The molecule has 9 aromatic carbocycles. The number of benzene rings is 9. The van der Waals surface area contributed by atoms with Crippen molar-refractivity contribution in [1.82, 2.24) is 0 Å². The Labute approximate surface area is 290 Å². The van der Waals surface area contributed by atoms with Crippen LogP contribution in [0.4, 0.5) is 17.1 Å². The first-order valence-corrected chi connectivity index (χ1v) is 17.1. The van der Waals surface area contributed by atoms with Crippen LogP contribution in [0.25, 0.3) is 76.5 Å². The number of para-hydroxylation sites is 2. The standard InChI is InChI=1S/C48H31NO/c1-3-15-37-32(12-1)14-11-21-40(37)42-19-7-9-22-46(42)49(36-28-29-48-45(31-36)43-20-8-10-23-47(43)50-48)35-26-24-33(25-27-35)44-30-34-13-2-4-16-38(34)39-17-5-6-18-41(39)44/h1-31H. The molecule has 2 heteroatoms. The van der Waals surface area contributed by atoms with Crippen molar-refractivity contribution in [3.8, 4) is 22.3 Å². The Balaban J connectivity index is 1.19. The van der Waals surface area contributed by atoms with Crippen LogP contribution in [0.5, 0.6) is 0 Å². The highest BCUT2D eigenvalue weighted by Gasteiger charge is 2.20. The van der Waals surface area contributed by atoms with E-state index in [1.54, 1.807) is 0 Å². The number of rotatable bonds is 5. The molecule has 2 nitrogen and oxygen atoms in total. The summed E-state index contributed by atoms with van der Waals surface area (Å²) in [5.74, 6) is 0. The van der Waals surface area contributed by atoms with E-state index in [4.69, 9.17) is 4.42 Å². The summed E-state index contributed by atoms with van der Waals surface area (Å²) in [4.78, 5) is 2.39. The molecule has 10 rings (SSSR count). The summed E-state index contributed by atoms with van der Waals surface area (Å²) in [6.45, 7) is 0. The second-order valence-corrected chi connectivity index (χ2v) is 12.9. The summed E-state index contributed by atoms with van der Waals surface area (Å²) in [5, 5.41) is 9.74. The van der Waals surface area contributed by atoms with Gasteiger partial charge in [-0.3, -0.25) is 0 Å². The molecule has 0 bridgehead atoms. The van der Waals surface area contributed by atoms with E-state index in [0.29, 0.717) is 0 Å². The number of nitrogens with zero attached hydrogens (tertiary/aromatic N) is 1. The van der Waals surface area contributed by atoms with Gasteiger partial charge in [-0.05, 0) is 97.5 Å². The molecule has 1 heterocycles. The van der Waals surface area contributed by atoms with Crippen molar-refractivity contribution in [3.05, 3.63) is 188 Å². The molecule has 0 saturated carbocycles. The first-order chi connectivity index (χ1) is 24.8. The van der Waals surface area contributed by atoms with Crippen LogP contribution in [0.15, 0.2) is 192 Å². The van der Waals surface area contributed by atoms with Crippen molar-refractivity contribution in [2.24, 2.45) is 0 Å². The molecule has 50 heavy (non-hydrogen) atoms. The molecule has 0 N–H and O–H groups in total. The fraction of sp³-hybridized carbons (Fsp3) is 0. The summed E-state index contributed by atoms with van der Waals surface area (Å²) in [5.41, 5.74) is 9.85. The predicted molar refractivity (Wildman–Crippen MR) is 212 cm³/mol. The molecule has 0 atom stereocenters. The molecule has 234 valence electrons. The Hall–Kier alpha value is -6.64. The maximum atomic E-state index is 6.25. The molecule has 0 fully saturated rings. The highest BCUT2D eigenvalue weighted by molar-refractivity contribution is 6.14. The molecule has 0 radical (unpaired) electrons. The number of furan rings is 1. The largest absolute Gasteiger partial charge is 0.456 e. The lowest BCUT2D eigenvalue weighted by Crippen LogP contribution is -2.11. The Morgan fingerprint density at radius 2 is 0.920 bits per heavy atom. The van der Waals surface area contributed by atoms with Gasteiger partial charge in [-0.1, -0.05) is 140 Å². The molecular formula is C48H31NO. The van der Waals surface area contributed by atoms with E-state index >= 15 is 0 Å². The molecular weight excluding hydrogens is 607 g/mol. The Bertz CT molecular complexity index is 2870. The summed E-state index contributed by atoms with van der Waals surface area (Å²) in [6, 6.07) is 67.6. The fourth-order valence-electron chi connectivity index (χ4n) is 7.72. The number of anilines is 3. The smallest absolute Gasteiger partial charge is 0.135 e. The summed E-state index contributed by atoms with van der Waals surface area (Å²) in [6.07, 6.45) is 0. The van der Waals surface area contributed by atoms with Gasteiger partial charge < -0.3 is 9.32 Å². The van der Waals surface area contributed by atoms with Crippen molar-refractivity contribution in [2.45, 2.75) is 0 Å². The Morgan fingerprint density at radius 3 is 1.78 bits per heavy atom. The fourth-order valence-corrected chi connectivity index (χ4v) is 7.72. The number of hydrogen-bond acceptors (Lipinski definition) is 2. The van der Waals surface area contributed by atoms with Gasteiger partial charge in [0.25, 0.3) is 0 Å². The third-order valence-corrected chi connectivity index (χ3v) is 10.0. The third-order valence-electron chi connectivity index (χ3n) is 10.0. The number of hydrogen-bond donors (Lipinski definition) is 0. The van der Waals surface area contributed by atoms with Crippen LogP contribution in [-0.2, 0) is 0 Å². The second-order valence-electron chi connectivity index (χ2n) is 12.9. The average molecular weight is 638 g/mol. The Kier molecular flexibility index (Phi) is 6.53. The zero-order chi connectivity index (χ0) is 33.0. The van der Waals surface area contributed by atoms with Gasteiger partial charge in [-0.25, -0.2) is 0 Å². The van der Waals surface area contributed by atoms with Gasteiger partial charge in [0.15, 0.2) is 0 Å². The average Bonchev–Trinajstić information content (AvgIpc) is 3.56. The minimum absolute atomic E-state index is 0.885. The van der Waals surface area contributed by atoms with E-state index in [1.165, 1.54) is 54.6 Å². The SMILES string of the molecule is c1ccc(N(c2ccc(-c3cc4ccccc4c4ccccc34)cc2)c2ccc3oc4ccccc4c3c2)c(-c2cccc3ccccc23)c1. The second kappa shape index (κ2) is 11.5. The van der Waals surface area contributed by atoms with Crippen LogP contribution >= 0.6 is 0 Å². The lowest BCUT2D eigenvalue weighted by Gasteiger charge is -2.28. The molecule has 0 unspecified atom stereocenters. The molecule has 0 saturated heterocycles. The first-order valence-electron chi connectivity index (χ1n) is 17.1. The van der Waals surface area contributed by atoms with E-state index in [-0.39, 0.29) is 0 Å². The van der Waals surface area contributed by atoms with Crippen LogP contribution in [-0.4, -0.2) is 0 Å². The topological polar surface area (TPSA) is 16.4 Å². The van der Waals surface area contributed by atoms with Crippen LogP contribution in [0, 0.1) is 0 Å². The molecule has 10 aromatic rings. The highest BCUT2D eigenvalue weighted by atomic mass is 16.3. The van der Waals surface area contributed by atoms with E-state index in [1.807, 2.05) is 12.1 Å². The normalized spacial score (nSPS) is 11.6. The quantitative estimate of drug-likeness (QED) is 0.175. The predicted octanol–water partition coefficient (Wildman–Crippen LogP) is 13.8. The minimum atomic E-state index is 0.885. The van der Waals surface area contributed by atoms with Gasteiger partial charge in [0, 0.05) is 27.7 Å². The van der Waals surface area contributed by atoms with E-state index in [9.17, 15) is 0 Å². The van der Waals surface area contributed by atoms with Gasteiger partial charge in [-0.15, -0.1) is 0 Å². The zero-order valence-electron chi connectivity index (χ0n) is 27.3. The van der Waals surface area contributed by atoms with Gasteiger partial charge in [-0.2, -0.15) is 0 Å². The maximum Gasteiger partial charge on any atom is 0.135 e. The van der Waals surface area contributed by atoms with Crippen LogP contribution in [0.3, 0.4) is 0 Å². The van der Waals surface area contributed by atoms with Crippen molar-refractivity contribution in [2.75, 3.05) is 4.90 Å². The molecule has 0 spiro atoms. The minimum Gasteiger partial charge on any atom is -0.456 e. The highest BCUT2D eigenvalue weighted by Crippen LogP contribution is 2.45. The van der Waals surface area contributed by atoms with Crippen molar-refractivity contribution >= 4 is 71.3 Å². The first kappa shape index (κ1) is 28.4. The number of fused-ring (bicyclic) bond motifs is 7. The van der Waals surface area contributed by atoms with Crippen molar-refractivity contribution in [3.63, 3.8) is 0 Å². The summed E-state index contributed by atoms with van der Waals surface area (Å²) in [7, 11) is 0. The van der Waals surface area contributed by atoms with Crippen LogP contribution < -0.4 is 4.90 Å². The molecule has 0 aliphatic rings. The molecule has 0 aliphatic heterocycles. The van der Waals surface area contributed by atoms with Gasteiger partial charge in [0.2, 0.25) is 0 Å². The summed E-state index contributed by atoms with van der Waals surface area (Å²) >= 11 is 0. The van der Waals surface area contributed by atoms with Crippen LogP contribution in [0.1, 0.15) is 0 Å². The van der Waals surface area contributed by atoms with Gasteiger partial charge >= 0.3 is 0 Å². The van der Waals surface area contributed by atoms with E-state index in [2.05, 4.69) is 181 Å². The molecule has 0 aliphatic carbocycles. The zero-order valence-corrected chi connectivity index (χ0v) is 27.3. The van der Waals surface area contributed by atoms with E-state index < -0.39 is 0 Å².